The summed E-state index contributed by atoms with van der Waals surface area (Å²) >= 11 is 6.66. The van der Waals surface area contributed by atoms with Crippen LogP contribution < -0.4 is 0 Å². The standard InChI is InChI=1S/C8H6ClFOS/c1-5(11)12-8-3-2-6(10)4-7(8)9/h2-4H,1H3. The van der Waals surface area contributed by atoms with Crippen molar-refractivity contribution in [2.24, 2.45) is 0 Å². The van der Waals surface area contributed by atoms with Crippen molar-refractivity contribution >= 4 is 28.5 Å². The minimum Gasteiger partial charge on any atom is -0.287 e. The van der Waals surface area contributed by atoms with Crippen molar-refractivity contribution < 1.29 is 9.18 Å². The molecule has 0 fully saturated rings. The normalized spacial score (nSPS) is 9.92. The van der Waals surface area contributed by atoms with Crippen LogP contribution in [0.15, 0.2) is 23.1 Å². The average Bonchev–Trinajstić information content (AvgIpc) is 1.94. The molecule has 0 aliphatic heterocycles. The van der Waals surface area contributed by atoms with Crippen LogP contribution in [0, 0.1) is 5.82 Å². The lowest BCUT2D eigenvalue weighted by molar-refractivity contribution is -0.109. The van der Waals surface area contributed by atoms with Gasteiger partial charge in [0.15, 0.2) is 5.12 Å². The number of carbonyl (C=O) groups is 1. The van der Waals surface area contributed by atoms with E-state index in [1.54, 1.807) is 0 Å². The van der Waals surface area contributed by atoms with Crippen molar-refractivity contribution in [3.05, 3.63) is 29.0 Å². The molecule has 0 heterocycles. The van der Waals surface area contributed by atoms with Gasteiger partial charge in [0.2, 0.25) is 0 Å². The number of thioether (sulfide) groups is 1. The third-order valence-electron chi connectivity index (χ3n) is 1.15. The quantitative estimate of drug-likeness (QED) is 0.654. The van der Waals surface area contributed by atoms with Gasteiger partial charge in [0.05, 0.1) is 5.02 Å². The molecule has 0 aliphatic carbocycles. The van der Waals surface area contributed by atoms with Gasteiger partial charge in [-0.1, -0.05) is 23.4 Å². The van der Waals surface area contributed by atoms with E-state index in [4.69, 9.17) is 11.6 Å². The molecule has 0 aromatic heterocycles. The summed E-state index contributed by atoms with van der Waals surface area (Å²) in [5.74, 6) is -0.395. The summed E-state index contributed by atoms with van der Waals surface area (Å²) in [6.07, 6.45) is 0. The second-order valence-electron chi connectivity index (χ2n) is 2.17. The minimum absolute atomic E-state index is 0.0662. The van der Waals surface area contributed by atoms with Crippen molar-refractivity contribution in [3.63, 3.8) is 0 Å². The minimum atomic E-state index is -0.395. The van der Waals surface area contributed by atoms with E-state index in [1.807, 2.05) is 0 Å². The molecule has 12 heavy (non-hydrogen) atoms. The molecular weight excluding hydrogens is 199 g/mol. The van der Waals surface area contributed by atoms with E-state index in [-0.39, 0.29) is 10.1 Å². The number of benzene rings is 1. The van der Waals surface area contributed by atoms with Gasteiger partial charge in [-0.2, -0.15) is 0 Å². The van der Waals surface area contributed by atoms with Gasteiger partial charge in [-0.25, -0.2) is 4.39 Å². The molecule has 0 amide bonds. The highest BCUT2D eigenvalue weighted by molar-refractivity contribution is 8.13. The molecule has 1 aromatic carbocycles. The highest BCUT2D eigenvalue weighted by Gasteiger charge is 2.04. The summed E-state index contributed by atoms with van der Waals surface area (Å²) in [4.78, 5) is 11.2. The summed E-state index contributed by atoms with van der Waals surface area (Å²) in [6.45, 7) is 1.43. The van der Waals surface area contributed by atoms with Gasteiger partial charge in [-0.15, -0.1) is 0 Å². The Hall–Kier alpha value is -0.540. The Morgan fingerprint density at radius 2 is 2.25 bits per heavy atom. The zero-order valence-electron chi connectivity index (χ0n) is 6.30. The van der Waals surface area contributed by atoms with Crippen LogP contribution in [-0.4, -0.2) is 5.12 Å². The molecule has 64 valence electrons. The Morgan fingerprint density at radius 3 is 2.75 bits per heavy atom. The van der Waals surface area contributed by atoms with Crippen LogP contribution in [0.3, 0.4) is 0 Å². The zero-order chi connectivity index (χ0) is 9.14. The van der Waals surface area contributed by atoms with E-state index in [1.165, 1.54) is 25.1 Å². The van der Waals surface area contributed by atoms with Gasteiger partial charge in [0, 0.05) is 11.8 Å². The molecular formula is C8H6ClFOS. The lowest BCUT2D eigenvalue weighted by Crippen LogP contribution is -1.83. The predicted octanol–water partition coefficient (Wildman–Crippen LogP) is 3.12. The highest BCUT2D eigenvalue weighted by atomic mass is 35.5. The maximum absolute atomic E-state index is 12.5. The first kappa shape index (κ1) is 9.55. The van der Waals surface area contributed by atoms with Crippen molar-refractivity contribution in [1.29, 1.82) is 0 Å². The number of rotatable bonds is 1. The molecule has 0 radical (unpaired) electrons. The average molecular weight is 205 g/mol. The van der Waals surface area contributed by atoms with Crippen LogP contribution in [0.1, 0.15) is 6.92 Å². The van der Waals surface area contributed by atoms with E-state index in [9.17, 15) is 9.18 Å². The van der Waals surface area contributed by atoms with E-state index < -0.39 is 5.82 Å². The Morgan fingerprint density at radius 1 is 1.58 bits per heavy atom. The van der Waals surface area contributed by atoms with Crippen LogP contribution in [0.25, 0.3) is 0 Å². The summed E-state index contributed by atoms with van der Waals surface area (Å²) < 4.78 is 12.5. The predicted molar refractivity (Wildman–Crippen MR) is 47.9 cm³/mol. The number of hydrogen-bond donors (Lipinski definition) is 0. The molecule has 1 rings (SSSR count). The Balaban J connectivity index is 2.93. The molecule has 0 unspecified atom stereocenters. The summed E-state index contributed by atoms with van der Waals surface area (Å²) in [7, 11) is 0. The van der Waals surface area contributed by atoms with Crippen LogP contribution in [0.5, 0.6) is 0 Å². The van der Waals surface area contributed by atoms with Gasteiger partial charge in [-0.05, 0) is 18.2 Å². The fraction of sp³-hybridized carbons (Fsp3) is 0.125. The van der Waals surface area contributed by atoms with Crippen LogP contribution >= 0.6 is 23.4 Å². The van der Waals surface area contributed by atoms with E-state index in [0.29, 0.717) is 4.90 Å². The summed E-state index contributed by atoms with van der Waals surface area (Å²) in [5, 5.41) is 0.207. The first-order valence-corrected chi connectivity index (χ1v) is 4.42. The zero-order valence-corrected chi connectivity index (χ0v) is 7.88. The van der Waals surface area contributed by atoms with Crippen LogP contribution in [-0.2, 0) is 4.79 Å². The lowest BCUT2D eigenvalue weighted by Gasteiger charge is -1.99. The summed E-state index contributed by atoms with van der Waals surface area (Å²) in [6, 6.07) is 3.95. The molecule has 0 aliphatic rings. The molecule has 0 atom stereocenters. The smallest absolute Gasteiger partial charge is 0.190 e. The van der Waals surface area contributed by atoms with Crippen molar-refractivity contribution in [2.75, 3.05) is 0 Å². The topological polar surface area (TPSA) is 17.1 Å². The number of carbonyl (C=O) groups excluding carboxylic acids is 1. The fourth-order valence-corrected chi connectivity index (χ4v) is 1.60. The van der Waals surface area contributed by atoms with Crippen molar-refractivity contribution in [3.8, 4) is 0 Å². The van der Waals surface area contributed by atoms with E-state index in [2.05, 4.69) is 0 Å². The second kappa shape index (κ2) is 3.92. The molecule has 1 nitrogen and oxygen atoms in total. The molecule has 0 spiro atoms. The van der Waals surface area contributed by atoms with Crippen molar-refractivity contribution in [2.45, 2.75) is 11.8 Å². The van der Waals surface area contributed by atoms with Gasteiger partial charge < -0.3 is 0 Å². The van der Waals surface area contributed by atoms with Gasteiger partial charge in [0.1, 0.15) is 5.82 Å². The molecule has 4 heteroatoms. The molecule has 1 aromatic rings. The van der Waals surface area contributed by atoms with Gasteiger partial charge >= 0.3 is 0 Å². The largest absolute Gasteiger partial charge is 0.287 e. The third kappa shape index (κ3) is 2.50. The lowest BCUT2D eigenvalue weighted by atomic mass is 10.3. The van der Waals surface area contributed by atoms with E-state index >= 15 is 0 Å². The molecule has 0 saturated heterocycles. The summed E-state index contributed by atoms with van der Waals surface area (Å²) in [5.41, 5.74) is 0. The highest BCUT2D eigenvalue weighted by Crippen LogP contribution is 2.27. The second-order valence-corrected chi connectivity index (χ2v) is 3.79. The van der Waals surface area contributed by atoms with E-state index in [0.717, 1.165) is 11.8 Å². The Labute approximate surface area is 78.9 Å². The molecule has 0 N–H and O–H groups in total. The maximum Gasteiger partial charge on any atom is 0.190 e. The third-order valence-corrected chi connectivity index (χ3v) is 2.44. The first-order valence-electron chi connectivity index (χ1n) is 3.23. The van der Waals surface area contributed by atoms with Crippen LogP contribution in [0.4, 0.5) is 4.39 Å². The fourth-order valence-electron chi connectivity index (χ4n) is 0.713. The van der Waals surface area contributed by atoms with Gasteiger partial charge in [0.25, 0.3) is 0 Å². The number of halogens is 2. The first-order chi connectivity index (χ1) is 5.59. The van der Waals surface area contributed by atoms with Gasteiger partial charge in [-0.3, -0.25) is 4.79 Å². The molecule has 0 saturated carbocycles. The monoisotopic (exact) mass is 204 g/mol. The number of hydrogen-bond acceptors (Lipinski definition) is 2. The maximum atomic E-state index is 12.5. The van der Waals surface area contributed by atoms with Crippen molar-refractivity contribution in [1.82, 2.24) is 0 Å². The molecule has 0 bridgehead atoms. The SMILES string of the molecule is CC(=O)Sc1ccc(F)cc1Cl. The Kier molecular flexibility index (Phi) is 3.12. The van der Waals surface area contributed by atoms with Crippen LogP contribution in [0.2, 0.25) is 5.02 Å². The Bertz CT molecular complexity index is 314.